The van der Waals surface area contributed by atoms with Gasteiger partial charge < -0.3 is 15.2 Å². The molecule has 0 aromatic heterocycles. The van der Waals surface area contributed by atoms with E-state index < -0.39 is 17.6 Å². The van der Waals surface area contributed by atoms with Gasteiger partial charge in [0.2, 0.25) is 0 Å². The van der Waals surface area contributed by atoms with Gasteiger partial charge in [-0.15, -0.1) is 0 Å². The molecule has 2 aromatic carbocycles. The van der Waals surface area contributed by atoms with Gasteiger partial charge in [0, 0.05) is 5.69 Å². The van der Waals surface area contributed by atoms with Gasteiger partial charge in [0.15, 0.2) is 11.5 Å². The molecule has 136 valence electrons. The minimum absolute atomic E-state index is 0.0778. The van der Waals surface area contributed by atoms with Gasteiger partial charge in [0.25, 0.3) is 0 Å². The van der Waals surface area contributed by atoms with Crippen molar-refractivity contribution in [1.82, 2.24) is 5.43 Å². The van der Waals surface area contributed by atoms with Crippen LogP contribution in [0.1, 0.15) is 5.56 Å². The van der Waals surface area contributed by atoms with E-state index in [1.54, 1.807) is 0 Å². The smallest absolute Gasteiger partial charge is 0.329 e. The number of nitrogens with zero attached hydrogens (tertiary/aromatic N) is 1. The van der Waals surface area contributed by atoms with Gasteiger partial charge >= 0.3 is 11.8 Å². The highest BCUT2D eigenvalue weighted by Crippen LogP contribution is 2.34. The third-order valence-corrected chi connectivity index (χ3v) is 3.93. The molecule has 7 nitrogen and oxygen atoms in total. The van der Waals surface area contributed by atoms with E-state index in [2.05, 4.69) is 26.3 Å². The number of benzene rings is 2. The van der Waals surface area contributed by atoms with Crippen LogP contribution in [0.5, 0.6) is 11.5 Å². The van der Waals surface area contributed by atoms with Crippen molar-refractivity contribution in [2.45, 2.75) is 0 Å². The van der Waals surface area contributed by atoms with Crippen LogP contribution < -0.4 is 15.5 Å². The molecule has 0 saturated carbocycles. The van der Waals surface area contributed by atoms with Gasteiger partial charge in [-0.25, -0.2) is 9.82 Å². The van der Waals surface area contributed by atoms with Gasteiger partial charge in [-0.05, 0) is 51.8 Å². The molecule has 0 aliphatic heterocycles. The number of hydrazone groups is 1. The summed E-state index contributed by atoms with van der Waals surface area (Å²) in [6.07, 6.45) is 1.26. The Balaban J connectivity index is 1.99. The maximum Gasteiger partial charge on any atom is 0.329 e. The third-order valence-electron chi connectivity index (χ3n) is 3.03. The molecular weight excluding hydrogens is 433 g/mol. The number of methoxy groups -OCH3 is 1. The molecule has 0 bridgehead atoms. The Hall–Kier alpha value is -2.65. The average Bonchev–Trinajstić information content (AvgIpc) is 2.60. The van der Waals surface area contributed by atoms with Gasteiger partial charge in [0.1, 0.15) is 5.82 Å². The molecule has 2 aromatic rings. The van der Waals surface area contributed by atoms with E-state index in [9.17, 15) is 19.1 Å². The Kier molecular flexibility index (Phi) is 6.53. The molecule has 0 heterocycles. The molecule has 0 fully saturated rings. The van der Waals surface area contributed by atoms with Crippen LogP contribution >= 0.6 is 27.5 Å². The summed E-state index contributed by atoms with van der Waals surface area (Å²) in [5.41, 5.74) is 2.70. The standard InChI is InChI=1S/C16H12BrClFN3O4/c1-26-13-5-8(4-10(17)14(13)23)7-20-22-16(25)15(24)21-9-2-3-12(19)11(18)6-9/h2-7,23H,1H3,(H,21,24)(H,22,25). The molecule has 0 aliphatic rings. The van der Waals surface area contributed by atoms with Gasteiger partial charge in [-0.1, -0.05) is 11.6 Å². The van der Waals surface area contributed by atoms with E-state index in [1.807, 2.05) is 5.43 Å². The molecule has 2 amide bonds. The molecule has 0 atom stereocenters. The maximum absolute atomic E-state index is 13.1. The van der Waals surface area contributed by atoms with Crippen LogP contribution in [0.25, 0.3) is 0 Å². The fourth-order valence-corrected chi connectivity index (χ4v) is 2.44. The SMILES string of the molecule is COc1cc(C=NNC(=O)C(=O)Nc2ccc(F)c(Cl)c2)cc(Br)c1O. The van der Waals surface area contributed by atoms with Gasteiger partial charge in [0.05, 0.1) is 22.8 Å². The Morgan fingerprint density at radius 2 is 2.04 bits per heavy atom. The molecule has 10 heteroatoms. The zero-order chi connectivity index (χ0) is 19.3. The Labute approximate surface area is 160 Å². The lowest BCUT2D eigenvalue weighted by Crippen LogP contribution is -2.32. The molecule has 26 heavy (non-hydrogen) atoms. The second-order valence-electron chi connectivity index (χ2n) is 4.84. The lowest BCUT2D eigenvalue weighted by atomic mass is 10.2. The number of hydrogen-bond acceptors (Lipinski definition) is 5. The van der Waals surface area contributed by atoms with Crippen molar-refractivity contribution in [2.24, 2.45) is 5.10 Å². The molecule has 3 N–H and O–H groups in total. The first-order chi connectivity index (χ1) is 12.3. The molecule has 0 unspecified atom stereocenters. The summed E-state index contributed by atoms with van der Waals surface area (Å²) in [7, 11) is 1.39. The molecule has 0 aliphatic carbocycles. The number of anilines is 1. The summed E-state index contributed by atoms with van der Waals surface area (Å²) < 4.78 is 18.4. The van der Waals surface area contributed by atoms with Crippen LogP contribution in [0.15, 0.2) is 39.9 Å². The minimum Gasteiger partial charge on any atom is -0.503 e. The summed E-state index contributed by atoms with van der Waals surface area (Å²) in [4.78, 5) is 23.5. The van der Waals surface area contributed by atoms with E-state index in [4.69, 9.17) is 16.3 Å². The third kappa shape index (κ3) is 4.93. The predicted octanol–water partition coefficient (Wildman–Crippen LogP) is 3.04. The van der Waals surface area contributed by atoms with Crippen molar-refractivity contribution in [3.8, 4) is 11.5 Å². The number of phenols is 1. The molecule has 0 saturated heterocycles. The number of halogens is 3. The van der Waals surface area contributed by atoms with Crippen molar-refractivity contribution in [2.75, 3.05) is 12.4 Å². The van der Waals surface area contributed by atoms with E-state index in [0.717, 1.165) is 6.07 Å². The van der Waals surface area contributed by atoms with Gasteiger partial charge in [-0.3, -0.25) is 9.59 Å². The number of hydrogen-bond donors (Lipinski definition) is 3. The first kappa shape index (κ1) is 19.7. The average molecular weight is 445 g/mol. The number of carbonyl (C=O) groups excluding carboxylic acids is 2. The van der Waals surface area contributed by atoms with Crippen molar-refractivity contribution < 1.29 is 23.8 Å². The zero-order valence-corrected chi connectivity index (χ0v) is 15.6. The van der Waals surface area contributed by atoms with Crippen molar-refractivity contribution in [3.63, 3.8) is 0 Å². The highest BCUT2D eigenvalue weighted by atomic mass is 79.9. The number of nitrogens with one attached hydrogen (secondary N) is 2. The van der Waals surface area contributed by atoms with Crippen molar-refractivity contribution >= 4 is 51.2 Å². The highest BCUT2D eigenvalue weighted by Gasteiger charge is 2.14. The minimum atomic E-state index is -1.04. The second-order valence-corrected chi connectivity index (χ2v) is 6.10. The normalized spacial score (nSPS) is 10.6. The van der Waals surface area contributed by atoms with E-state index in [1.165, 1.54) is 37.6 Å². The fraction of sp³-hybridized carbons (Fsp3) is 0.0625. The van der Waals surface area contributed by atoms with Gasteiger partial charge in [-0.2, -0.15) is 5.10 Å². The molecule has 2 rings (SSSR count). The maximum atomic E-state index is 13.1. The highest BCUT2D eigenvalue weighted by molar-refractivity contribution is 9.10. The van der Waals surface area contributed by atoms with E-state index in [-0.39, 0.29) is 22.2 Å². The first-order valence-electron chi connectivity index (χ1n) is 6.97. The van der Waals surface area contributed by atoms with Crippen molar-refractivity contribution in [1.29, 1.82) is 0 Å². The molecule has 0 radical (unpaired) electrons. The summed E-state index contributed by atoms with van der Waals surface area (Å²) in [5, 5.41) is 15.4. The fourth-order valence-electron chi connectivity index (χ4n) is 1.80. The quantitative estimate of drug-likeness (QED) is 0.383. The zero-order valence-electron chi connectivity index (χ0n) is 13.2. The summed E-state index contributed by atoms with van der Waals surface area (Å²) in [6, 6.07) is 6.51. The van der Waals surface area contributed by atoms with Crippen LogP contribution in [-0.4, -0.2) is 30.2 Å². The Morgan fingerprint density at radius 3 is 2.69 bits per heavy atom. The van der Waals surface area contributed by atoms with E-state index in [0.29, 0.717) is 10.0 Å². The summed E-state index contributed by atoms with van der Waals surface area (Å²) >= 11 is 8.74. The van der Waals surface area contributed by atoms with Crippen LogP contribution in [0.3, 0.4) is 0 Å². The first-order valence-corrected chi connectivity index (χ1v) is 8.15. The number of ether oxygens (including phenoxy) is 1. The number of rotatable bonds is 4. The number of carbonyl (C=O) groups is 2. The van der Waals surface area contributed by atoms with Crippen molar-refractivity contribution in [3.05, 3.63) is 51.2 Å². The molecule has 0 spiro atoms. The van der Waals surface area contributed by atoms with Crippen LogP contribution in [-0.2, 0) is 9.59 Å². The summed E-state index contributed by atoms with van der Waals surface area (Å²) in [6.45, 7) is 0. The number of aromatic hydroxyl groups is 1. The largest absolute Gasteiger partial charge is 0.503 e. The lowest BCUT2D eigenvalue weighted by molar-refractivity contribution is -0.136. The van der Waals surface area contributed by atoms with Crippen LogP contribution in [0.4, 0.5) is 10.1 Å². The van der Waals surface area contributed by atoms with Crippen LogP contribution in [0, 0.1) is 5.82 Å². The topological polar surface area (TPSA) is 100 Å². The monoisotopic (exact) mass is 443 g/mol. The Bertz CT molecular complexity index is 892. The second kappa shape index (κ2) is 8.63. The number of amides is 2. The Morgan fingerprint density at radius 1 is 1.31 bits per heavy atom. The lowest BCUT2D eigenvalue weighted by Gasteiger charge is -2.06. The van der Waals surface area contributed by atoms with Crippen LogP contribution in [0.2, 0.25) is 5.02 Å². The molecular formula is C16H12BrClFN3O4. The summed E-state index contributed by atoms with van der Waals surface area (Å²) in [5.74, 6) is -2.56. The predicted molar refractivity (Wildman–Crippen MR) is 98.1 cm³/mol. The van der Waals surface area contributed by atoms with E-state index >= 15 is 0 Å². The number of phenolic OH excluding ortho intramolecular Hbond substituents is 1.